The van der Waals surface area contributed by atoms with Crippen LogP contribution in [-0.4, -0.2) is 105 Å². The van der Waals surface area contributed by atoms with Gasteiger partial charge in [-0.3, -0.25) is 34.4 Å². The number of carbonyl (C=O) groups excluding carboxylic acids is 3. The van der Waals surface area contributed by atoms with E-state index in [0.717, 1.165) is 6.07 Å². The lowest BCUT2D eigenvalue weighted by Crippen LogP contribution is -2.64. The molecule has 0 unspecified atom stereocenters. The Morgan fingerprint density at radius 3 is 2.44 bits per heavy atom. The largest absolute Gasteiger partial charge is 0.477 e. The van der Waals surface area contributed by atoms with Gasteiger partial charge in [0.2, 0.25) is 5.43 Å². The van der Waals surface area contributed by atoms with Gasteiger partial charge < -0.3 is 28.9 Å². The lowest BCUT2D eigenvalue weighted by molar-refractivity contribution is -0.384. The third-order valence-corrected chi connectivity index (χ3v) is 10.3. The molecule has 2 aromatic carbocycles. The van der Waals surface area contributed by atoms with Crippen molar-refractivity contribution in [3.63, 3.8) is 0 Å². The quantitative estimate of drug-likeness (QED) is 0.0755. The Morgan fingerprint density at radius 2 is 1.81 bits per heavy atom. The summed E-state index contributed by atoms with van der Waals surface area (Å²) in [6.07, 6.45) is 2.94. The van der Waals surface area contributed by atoms with Gasteiger partial charge in [-0.05, 0) is 36.8 Å². The molecule has 0 aliphatic carbocycles. The molecular weight excluding hydrogens is 703 g/mol. The number of pyridine rings is 1. The van der Waals surface area contributed by atoms with Gasteiger partial charge in [0.1, 0.15) is 35.7 Å². The zero-order chi connectivity index (χ0) is 37.3. The number of hydrogen-bond acceptors (Lipinski definition) is 12. The number of fused-ring (bicyclic) bond motifs is 2. The number of carboxylic acid groups (broad SMARTS) is 1. The van der Waals surface area contributed by atoms with Crippen molar-refractivity contribution in [2.75, 3.05) is 43.4 Å². The van der Waals surface area contributed by atoms with Gasteiger partial charge in [0.05, 0.1) is 22.5 Å². The number of nitro groups is 1. The van der Waals surface area contributed by atoms with Crippen molar-refractivity contribution >= 4 is 64.2 Å². The molecule has 6 rings (SSSR count). The van der Waals surface area contributed by atoms with Gasteiger partial charge in [0.15, 0.2) is 6.04 Å². The SMILES string of the molecule is CCn1cc(C(=O)OCc2ccc([N+](=O)[O-])cc2)c(=O)c2cc(F)c(N3CCN(C=N[C@@H]4C(=O)N5C(C(=O)O)=C(COC(C)=O)CS[C@H]45)CC3)cc21. The number of anilines is 1. The first kappa shape index (κ1) is 36.0. The molecule has 1 amide bonds. The molecule has 0 saturated carbocycles. The summed E-state index contributed by atoms with van der Waals surface area (Å²) >= 11 is 1.34. The number of halogens is 1. The molecule has 16 nitrogen and oxygen atoms in total. The Kier molecular flexibility index (Phi) is 10.3. The molecule has 52 heavy (non-hydrogen) atoms. The zero-order valence-corrected chi connectivity index (χ0v) is 28.8. The minimum atomic E-state index is -1.28. The highest BCUT2D eigenvalue weighted by Gasteiger charge is 2.53. The minimum absolute atomic E-state index is 0.0119. The summed E-state index contributed by atoms with van der Waals surface area (Å²) in [7, 11) is 0. The van der Waals surface area contributed by atoms with E-state index in [1.54, 1.807) is 17.0 Å². The molecule has 1 aromatic heterocycles. The number of carbonyl (C=O) groups is 4. The van der Waals surface area contributed by atoms with Gasteiger partial charge in [-0.1, -0.05) is 0 Å². The number of rotatable bonds is 11. The third kappa shape index (κ3) is 7.05. The highest BCUT2D eigenvalue weighted by atomic mass is 32.2. The number of ether oxygens (including phenoxy) is 2. The smallest absolute Gasteiger partial charge is 0.352 e. The molecule has 2 saturated heterocycles. The number of piperazine rings is 1. The molecule has 0 bridgehead atoms. The van der Waals surface area contributed by atoms with Crippen molar-refractivity contribution in [1.82, 2.24) is 14.4 Å². The predicted octanol–water partition coefficient (Wildman–Crippen LogP) is 2.76. The molecule has 272 valence electrons. The zero-order valence-electron chi connectivity index (χ0n) is 28.0. The minimum Gasteiger partial charge on any atom is -0.477 e. The van der Waals surface area contributed by atoms with Gasteiger partial charge in [-0.25, -0.2) is 14.0 Å². The number of nitro benzene ring substituents is 1. The molecule has 3 aliphatic heterocycles. The van der Waals surface area contributed by atoms with E-state index >= 15 is 4.39 Å². The van der Waals surface area contributed by atoms with Crippen LogP contribution in [0, 0.1) is 15.9 Å². The number of nitrogens with zero attached hydrogens (tertiary/aromatic N) is 6. The first-order valence-corrected chi connectivity index (χ1v) is 17.3. The Bertz CT molecular complexity index is 2090. The Balaban J connectivity index is 1.11. The molecule has 0 radical (unpaired) electrons. The molecule has 4 heterocycles. The highest BCUT2D eigenvalue weighted by Crippen LogP contribution is 2.41. The van der Waals surface area contributed by atoms with Crippen molar-refractivity contribution in [2.45, 2.75) is 38.4 Å². The predicted molar refractivity (Wildman–Crippen MR) is 187 cm³/mol. The fourth-order valence-corrected chi connectivity index (χ4v) is 7.52. The number of β-lactam (4-membered cyclic amide) rings is 1. The fraction of sp³-hybridized carbons (Fsp3) is 0.353. The van der Waals surface area contributed by atoms with Crippen molar-refractivity contribution in [3.8, 4) is 0 Å². The number of non-ortho nitro benzene ring substituents is 1. The van der Waals surface area contributed by atoms with Crippen LogP contribution in [0.1, 0.15) is 29.8 Å². The van der Waals surface area contributed by atoms with E-state index in [2.05, 4.69) is 4.99 Å². The van der Waals surface area contributed by atoms with Crippen LogP contribution in [0.5, 0.6) is 0 Å². The number of hydrogen-bond donors (Lipinski definition) is 1. The van der Waals surface area contributed by atoms with Gasteiger partial charge in [0.25, 0.3) is 11.6 Å². The maximum absolute atomic E-state index is 15.6. The van der Waals surface area contributed by atoms with Crippen molar-refractivity contribution in [3.05, 3.63) is 91.1 Å². The highest BCUT2D eigenvalue weighted by molar-refractivity contribution is 8.00. The van der Waals surface area contributed by atoms with Crippen LogP contribution < -0.4 is 10.3 Å². The van der Waals surface area contributed by atoms with Crippen LogP contribution in [-0.2, 0) is 37.0 Å². The molecule has 0 spiro atoms. The first-order valence-electron chi connectivity index (χ1n) is 16.2. The standard InChI is InChI=1S/C34H33FN6O10S/c1-3-38-14-24(34(47)51-15-20-4-6-22(7-5-20)41(48)49)30(43)23-12-25(35)27(13-26(23)38)39-10-8-37(9-11-39)18-36-28-31(44)40-29(33(45)46)21(16-50-19(2)42)17-52-32(28)40/h4-7,12-14,18,28,32H,3,8-11,15-17H2,1-2H3,(H,45,46)/t28-,32-/m1/s1. The number of thioether (sulfide) groups is 1. The Morgan fingerprint density at radius 1 is 1.10 bits per heavy atom. The normalized spacial score (nSPS) is 18.8. The summed E-state index contributed by atoms with van der Waals surface area (Å²) in [6, 6.07) is 7.37. The van der Waals surface area contributed by atoms with Gasteiger partial charge in [-0.2, -0.15) is 0 Å². The number of aromatic nitrogens is 1. The van der Waals surface area contributed by atoms with Gasteiger partial charge >= 0.3 is 17.9 Å². The van der Waals surface area contributed by atoms with E-state index in [1.807, 2.05) is 16.7 Å². The van der Waals surface area contributed by atoms with Gasteiger partial charge in [0, 0.05) is 74.7 Å². The maximum Gasteiger partial charge on any atom is 0.352 e. The van der Waals surface area contributed by atoms with Gasteiger partial charge in [-0.15, -0.1) is 11.8 Å². The second kappa shape index (κ2) is 14.8. The summed E-state index contributed by atoms with van der Waals surface area (Å²) in [5, 5.41) is 20.1. The van der Waals surface area contributed by atoms with E-state index in [1.165, 1.54) is 54.0 Å². The second-order valence-corrected chi connectivity index (χ2v) is 13.3. The van der Waals surface area contributed by atoms with Crippen LogP contribution in [0.25, 0.3) is 10.9 Å². The van der Waals surface area contributed by atoms with Crippen LogP contribution in [0.2, 0.25) is 0 Å². The molecule has 3 aliphatic rings. The Labute approximate surface area is 299 Å². The third-order valence-electron chi connectivity index (χ3n) is 8.94. The molecular formula is C34H33FN6O10S. The van der Waals surface area contributed by atoms with Crippen LogP contribution >= 0.6 is 11.8 Å². The maximum atomic E-state index is 15.6. The monoisotopic (exact) mass is 736 g/mol. The molecule has 18 heteroatoms. The van der Waals surface area contributed by atoms with E-state index < -0.39 is 51.4 Å². The molecule has 3 aromatic rings. The number of carboxylic acids is 1. The summed E-state index contributed by atoms with van der Waals surface area (Å²) in [5.41, 5.74) is 0.285. The molecule has 2 fully saturated rings. The second-order valence-electron chi connectivity index (χ2n) is 12.2. The summed E-state index contributed by atoms with van der Waals surface area (Å²) in [6.45, 7) is 4.64. The lowest BCUT2D eigenvalue weighted by atomic mass is 10.0. The lowest BCUT2D eigenvalue weighted by Gasteiger charge is -2.47. The van der Waals surface area contributed by atoms with Crippen LogP contribution in [0.15, 0.2) is 63.7 Å². The van der Waals surface area contributed by atoms with E-state index in [9.17, 15) is 39.2 Å². The number of aliphatic imine (C=N–C) groups is 1. The molecule has 1 N–H and O–H groups in total. The van der Waals surface area contributed by atoms with E-state index in [0.29, 0.717) is 49.4 Å². The summed E-state index contributed by atoms with van der Waals surface area (Å²) in [5.74, 6) is -3.58. The van der Waals surface area contributed by atoms with Crippen LogP contribution in [0.4, 0.5) is 15.8 Å². The van der Waals surface area contributed by atoms with Crippen molar-refractivity contribution < 1.29 is 43.1 Å². The van der Waals surface area contributed by atoms with E-state index in [4.69, 9.17) is 9.47 Å². The average molecular weight is 737 g/mol. The van der Waals surface area contributed by atoms with Crippen molar-refractivity contribution in [1.29, 1.82) is 0 Å². The van der Waals surface area contributed by atoms with Crippen LogP contribution in [0.3, 0.4) is 0 Å². The van der Waals surface area contributed by atoms with E-state index in [-0.39, 0.29) is 47.0 Å². The number of amides is 1. The Hall–Kier alpha value is -5.78. The number of aliphatic carboxylic acids is 1. The average Bonchev–Trinajstić information content (AvgIpc) is 3.13. The number of esters is 2. The number of benzene rings is 2. The number of aryl methyl sites for hydroxylation is 1. The fourth-order valence-electron chi connectivity index (χ4n) is 6.20. The summed E-state index contributed by atoms with van der Waals surface area (Å²) < 4.78 is 27.6. The van der Waals surface area contributed by atoms with Crippen molar-refractivity contribution in [2.24, 2.45) is 4.99 Å². The molecule has 2 atom stereocenters. The topological polar surface area (TPSA) is 194 Å². The first-order chi connectivity index (χ1) is 24.9. The summed E-state index contributed by atoms with van der Waals surface area (Å²) in [4.78, 5) is 82.1.